The van der Waals surface area contributed by atoms with Gasteiger partial charge in [-0.3, -0.25) is 0 Å². The monoisotopic (exact) mass is 475 g/mol. The molecule has 4 nitrogen and oxygen atoms in total. The van der Waals surface area contributed by atoms with Crippen LogP contribution in [0.15, 0.2) is 85.5 Å². The number of hydrogen-bond acceptors (Lipinski definition) is 3. The minimum Gasteiger partial charge on any atom is -0.489 e. The highest BCUT2D eigenvalue weighted by molar-refractivity contribution is 5.67. The first-order chi connectivity index (χ1) is 17.1. The maximum absolute atomic E-state index is 14.0. The lowest BCUT2D eigenvalue weighted by molar-refractivity contribution is 0.0930. The Kier molecular flexibility index (Phi) is 10.4. The van der Waals surface area contributed by atoms with E-state index in [1.165, 1.54) is 17.7 Å². The van der Waals surface area contributed by atoms with Crippen LogP contribution >= 0.6 is 0 Å². The fourth-order valence-corrected chi connectivity index (χ4v) is 3.85. The van der Waals surface area contributed by atoms with Gasteiger partial charge in [0, 0.05) is 19.2 Å². The zero-order valence-corrected chi connectivity index (χ0v) is 20.4. The fourth-order valence-electron chi connectivity index (χ4n) is 3.85. The number of nitrogens with zero attached hydrogens (tertiary/aromatic N) is 1. The van der Waals surface area contributed by atoms with Crippen LogP contribution in [0.2, 0.25) is 0 Å². The molecule has 0 atom stereocenters. The minimum atomic E-state index is -0.332. The van der Waals surface area contributed by atoms with Crippen molar-refractivity contribution >= 4 is 6.09 Å². The molecule has 184 valence electrons. The maximum atomic E-state index is 14.0. The summed E-state index contributed by atoms with van der Waals surface area (Å²) < 4.78 is 25.0. The topological polar surface area (TPSA) is 38.8 Å². The highest BCUT2D eigenvalue weighted by Crippen LogP contribution is 2.19. The van der Waals surface area contributed by atoms with E-state index in [2.05, 4.69) is 25.6 Å². The zero-order valence-electron chi connectivity index (χ0n) is 20.4. The normalized spacial score (nSPS) is 10.6. The average molecular weight is 476 g/mol. The molecule has 0 unspecified atom stereocenters. The summed E-state index contributed by atoms with van der Waals surface area (Å²) in [4.78, 5) is 14.7. The predicted molar refractivity (Wildman–Crippen MR) is 138 cm³/mol. The van der Waals surface area contributed by atoms with Crippen LogP contribution in [0.1, 0.15) is 42.0 Å². The zero-order chi connectivity index (χ0) is 24.9. The van der Waals surface area contributed by atoms with Crippen LogP contribution in [0.5, 0.6) is 5.75 Å². The number of hydrogen-bond donors (Lipinski definition) is 0. The number of carbonyl (C=O) groups excluding carboxylic acids is 1. The molecule has 0 bridgehead atoms. The molecule has 0 aromatic heterocycles. The SMILES string of the molecule is C=CCOc1cc(F)cc(CCCCN(Cc2cccc(CC)c2)C(=O)OCc2ccccc2)c1. The van der Waals surface area contributed by atoms with E-state index in [1.807, 2.05) is 48.5 Å². The van der Waals surface area contributed by atoms with Gasteiger partial charge in [-0.2, -0.15) is 0 Å². The number of benzene rings is 3. The molecule has 3 aromatic rings. The van der Waals surface area contributed by atoms with Gasteiger partial charge in [-0.15, -0.1) is 0 Å². The smallest absolute Gasteiger partial charge is 0.410 e. The summed E-state index contributed by atoms with van der Waals surface area (Å²) in [5, 5.41) is 0. The number of aryl methyl sites for hydroxylation is 2. The molecule has 3 aromatic carbocycles. The molecular weight excluding hydrogens is 441 g/mol. The van der Waals surface area contributed by atoms with Crippen LogP contribution in [0.3, 0.4) is 0 Å². The molecule has 0 aliphatic carbocycles. The summed E-state index contributed by atoms with van der Waals surface area (Å²) in [6.07, 6.45) is 4.52. The molecule has 0 fully saturated rings. The number of amides is 1. The van der Waals surface area contributed by atoms with Crippen molar-refractivity contribution in [3.8, 4) is 5.75 Å². The van der Waals surface area contributed by atoms with E-state index in [9.17, 15) is 9.18 Å². The van der Waals surface area contributed by atoms with Crippen molar-refractivity contribution in [3.63, 3.8) is 0 Å². The lowest BCUT2D eigenvalue weighted by Gasteiger charge is -2.23. The van der Waals surface area contributed by atoms with E-state index in [1.54, 1.807) is 11.0 Å². The van der Waals surface area contributed by atoms with Gasteiger partial charge in [-0.1, -0.05) is 74.2 Å². The van der Waals surface area contributed by atoms with Crippen LogP contribution in [0.4, 0.5) is 9.18 Å². The number of unbranched alkanes of at least 4 members (excludes halogenated alkanes) is 1. The summed E-state index contributed by atoms with van der Waals surface area (Å²) in [5.74, 6) is 0.185. The third-order valence-corrected chi connectivity index (χ3v) is 5.68. The molecule has 0 spiro atoms. The predicted octanol–water partition coefficient (Wildman–Crippen LogP) is 7.11. The molecule has 0 heterocycles. The summed E-state index contributed by atoms with van der Waals surface area (Å²) in [7, 11) is 0. The Bertz CT molecular complexity index is 1080. The quantitative estimate of drug-likeness (QED) is 0.195. The van der Waals surface area contributed by atoms with Crippen molar-refractivity contribution in [2.45, 2.75) is 45.8 Å². The van der Waals surface area contributed by atoms with Crippen molar-refractivity contribution in [1.82, 2.24) is 4.90 Å². The van der Waals surface area contributed by atoms with Gasteiger partial charge >= 0.3 is 6.09 Å². The summed E-state index contributed by atoms with van der Waals surface area (Å²) >= 11 is 0. The summed E-state index contributed by atoms with van der Waals surface area (Å²) in [6, 6.07) is 22.7. The minimum absolute atomic E-state index is 0.238. The first kappa shape index (κ1) is 26.0. The standard InChI is InChI=1S/C30H34FNO3/c1-3-17-34-29-20-26(19-28(31)21-29)13-8-9-16-32(22-27-15-10-14-24(4-2)18-27)30(33)35-23-25-11-6-5-7-12-25/h3,5-7,10-12,14-15,18-21H,1,4,8-9,13,16-17,22-23H2,2H3. The van der Waals surface area contributed by atoms with Gasteiger partial charge < -0.3 is 14.4 Å². The van der Waals surface area contributed by atoms with Gasteiger partial charge in [0.05, 0.1) is 0 Å². The van der Waals surface area contributed by atoms with Crippen molar-refractivity contribution < 1.29 is 18.7 Å². The molecule has 0 radical (unpaired) electrons. The Morgan fingerprint density at radius 1 is 0.943 bits per heavy atom. The second-order valence-electron chi connectivity index (χ2n) is 8.49. The fraction of sp³-hybridized carbons (Fsp3) is 0.300. The van der Waals surface area contributed by atoms with E-state index in [0.29, 0.717) is 31.9 Å². The van der Waals surface area contributed by atoms with Gasteiger partial charge in [0.25, 0.3) is 0 Å². The lowest BCUT2D eigenvalue weighted by Crippen LogP contribution is -2.32. The van der Waals surface area contributed by atoms with Crippen LogP contribution in [0, 0.1) is 5.82 Å². The Hall–Kier alpha value is -3.60. The molecule has 35 heavy (non-hydrogen) atoms. The molecule has 1 amide bonds. The van der Waals surface area contributed by atoms with Crippen LogP contribution in [-0.2, 0) is 30.7 Å². The van der Waals surface area contributed by atoms with Crippen molar-refractivity contribution in [1.29, 1.82) is 0 Å². The Morgan fingerprint density at radius 3 is 2.49 bits per heavy atom. The Morgan fingerprint density at radius 2 is 1.71 bits per heavy atom. The molecule has 0 aliphatic heterocycles. The van der Waals surface area contributed by atoms with E-state index in [-0.39, 0.29) is 18.5 Å². The highest BCUT2D eigenvalue weighted by atomic mass is 19.1. The second kappa shape index (κ2) is 14.0. The van der Waals surface area contributed by atoms with Crippen LogP contribution < -0.4 is 4.74 Å². The van der Waals surface area contributed by atoms with Crippen molar-refractivity contribution in [2.75, 3.05) is 13.2 Å². The van der Waals surface area contributed by atoms with E-state index in [4.69, 9.17) is 9.47 Å². The van der Waals surface area contributed by atoms with E-state index >= 15 is 0 Å². The number of ether oxygens (including phenoxy) is 2. The van der Waals surface area contributed by atoms with Crippen LogP contribution in [-0.4, -0.2) is 24.1 Å². The molecule has 3 rings (SSSR count). The van der Waals surface area contributed by atoms with Gasteiger partial charge in [0.15, 0.2) is 0 Å². The molecular formula is C30H34FNO3. The first-order valence-electron chi connectivity index (χ1n) is 12.1. The van der Waals surface area contributed by atoms with Gasteiger partial charge in [0.2, 0.25) is 0 Å². The summed E-state index contributed by atoms with van der Waals surface area (Å²) in [6.45, 7) is 7.35. The third kappa shape index (κ3) is 8.93. The maximum Gasteiger partial charge on any atom is 0.410 e. The average Bonchev–Trinajstić information content (AvgIpc) is 2.88. The molecule has 5 heteroatoms. The highest BCUT2D eigenvalue weighted by Gasteiger charge is 2.16. The number of halogens is 1. The molecule has 0 saturated heterocycles. The number of rotatable bonds is 13. The van der Waals surface area contributed by atoms with Gasteiger partial charge in [0.1, 0.15) is 24.8 Å². The lowest BCUT2D eigenvalue weighted by atomic mass is 10.1. The largest absolute Gasteiger partial charge is 0.489 e. The second-order valence-corrected chi connectivity index (χ2v) is 8.49. The van der Waals surface area contributed by atoms with Gasteiger partial charge in [-0.05, 0) is 60.1 Å². The van der Waals surface area contributed by atoms with Crippen LogP contribution in [0.25, 0.3) is 0 Å². The van der Waals surface area contributed by atoms with Gasteiger partial charge in [-0.25, -0.2) is 9.18 Å². The Balaban J connectivity index is 1.59. The first-order valence-corrected chi connectivity index (χ1v) is 12.1. The Labute approximate surface area is 208 Å². The third-order valence-electron chi connectivity index (χ3n) is 5.68. The molecule has 0 aliphatic rings. The van der Waals surface area contributed by atoms with E-state index < -0.39 is 0 Å². The van der Waals surface area contributed by atoms with Crippen molar-refractivity contribution in [2.24, 2.45) is 0 Å². The molecule has 0 N–H and O–H groups in total. The van der Waals surface area contributed by atoms with Crippen molar-refractivity contribution in [3.05, 3.63) is 114 Å². The van der Waals surface area contributed by atoms with E-state index in [0.717, 1.165) is 36.0 Å². The summed E-state index contributed by atoms with van der Waals surface area (Å²) in [5.41, 5.74) is 4.14. The number of carbonyl (C=O) groups is 1. The molecule has 0 saturated carbocycles.